The highest BCUT2D eigenvalue weighted by Crippen LogP contribution is 2.05. The molecule has 0 aromatic carbocycles. The summed E-state index contributed by atoms with van der Waals surface area (Å²) in [6.07, 6.45) is 1.86. The van der Waals surface area contributed by atoms with Crippen molar-refractivity contribution in [3.05, 3.63) is 28.4 Å². The van der Waals surface area contributed by atoms with Crippen LogP contribution in [0.4, 0.5) is 0 Å². The smallest absolute Gasteiger partial charge is 0.254 e. The quantitative estimate of drug-likeness (QED) is 0.723. The summed E-state index contributed by atoms with van der Waals surface area (Å²) in [7, 11) is 0. The maximum atomic E-state index is 11.5. The van der Waals surface area contributed by atoms with Crippen molar-refractivity contribution in [3.63, 3.8) is 0 Å². The molecule has 1 heterocycles. The molecule has 0 bridgehead atoms. The van der Waals surface area contributed by atoms with E-state index in [2.05, 4.69) is 4.98 Å². The van der Waals surface area contributed by atoms with Crippen LogP contribution in [0, 0.1) is 6.92 Å². The van der Waals surface area contributed by atoms with E-state index < -0.39 is 6.04 Å². The molecule has 0 aliphatic rings. The molecule has 4 heteroatoms. The molecule has 1 aromatic heterocycles. The molecule has 1 aromatic rings. The maximum Gasteiger partial charge on any atom is 0.254 e. The molecule has 0 amide bonds. The molecule has 0 aliphatic heterocycles. The van der Waals surface area contributed by atoms with Crippen molar-refractivity contribution in [1.29, 1.82) is 0 Å². The zero-order valence-electron chi connectivity index (χ0n) is 8.65. The van der Waals surface area contributed by atoms with Crippen molar-refractivity contribution in [1.82, 2.24) is 9.55 Å². The van der Waals surface area contributed by atoms with Gasteiger partial charge in [0.15, 0.2) is 5.78 Å². The molecule has 0 aliphatic carbocycles. The lowest BCUT2D eigenvalue weighted by Crippen LogP contribution is -2.27. The molecule has 1 rings (SSSR count). The summed E-state index contributed by atoms with van der Waals surface area (Å²) in [6, 6.07) is 1.01. The first-order valence-corrected chi connectivity index (χ1v) is 4.63. The van der Waals surface area contributed by atoms with E-state index in [0.29, 0.717) is 12.1 Å². The topological polar surface area (TPSA) is 52.0 Å². The second-order valence-corrected chi connectivity index (χ2v) is 3.27. The highest BCUT2D eigenvalue weighted by Gasteiger charge is 2.13. The van der Waals surface area contributed by atoms with E-state index in [4.69, 9.17) is 0 Å². The van der Waals surface area contributed by atoms with Crippen molar-refractivity contribution in [2.24, 2.45) is 0 Å². The SMILES string of the molecule is CCC(=O)C(C)n1cnc(C)cc1=O. The molecule has 76 valence electrons. The van der Waals surface area contributed by atoms with Crippen molar-refractivity contribution < 1.29 is 4.79 Å². The molecule has 0 fully saturated rings. The van der Waals surface area contributed by atoms with Crippen molar-refractivity contribution in [3.8, 4) is 0 Å². The molecular weight excluding hydrogens is 180 g/mol. The lowest BCUT2D eigenvalue weighted by molar-refractivity contribution is -0.121. The number of Topliss-reactive ketones (excluding diaryl/α,β-unsaturated/α-hetero) is 1. The number of aryl methyl sites for hydroxylation is 1. The molecular formula is C10H14N2O2. The summed E-state index contributed by atoms with van der Waals surface area (Å²) < 4.78 is 1.36. The van der Waals surface area contributed by atoms with Crippen LogP contribution in [0.15, 0.2) is 17.2 Å². The van der Waals surface area contributed by atoms with E-state index in [-0.39, 0.29) is 11.3 Å². The minimum atomic E-state index is -0.416. The number of carbonyl (C=O) groups excluding carboxylic acids is 1. The minimum Gasteiger partial charge on any atom is -0.297 e. The lowest BCUT2D eigenvalue weighted by Gasteiger charge is -2.11. The van der Waals surface area contributed by atoms with Crippen LogP contribution in [-0.2, 0) is 4.79 Å². The van der Waals surface area contributed by atoms with Crippen molar-refractivity contribution in [2.45, 2.75) is 33.2 Å². The fourth-order valence-electron chi connectivity index (χ4n) is 1.24. The van der Waals surface area contributed by atoms with Crippen LogP contribution in [0.5, 0.6) is 0 Å². The first-order chi connectivity index (χ1) is 6.56. The number of carbonyl (C=O) groups is 1. The van der Waals surface area contributed by atoms with Crippen LogP contribution in [-0.4, -0.2) is 15.3 Å². The predicted octanol–water partition coefficient (Wildman–Crippen LogP) is 1.09. The van der Waals surface area contributed by atoms with E-state index in [1.807, 2.05) is 0 Å². The van der Waals surface area contributed by atoms with E-state index >= 15 is 0 Å². The Balaban J connectivity index is 3.08. The predicted molar refractivity (Wildman–Crippen MR) is 53.2 cm³/mol. The molecule has 1 atom stereocenters. The highest BCUT2D eigenvalue weighted by atomic mass is 16.1. The van der Waals surface area contributed by atoms with Crippen LogP contribution < -0.4 is 5.56 Å². The number of aromatic nitrogens is 2. The minimum absolute atomic E-state index is 0.0396. The molecule has 0 spiro atoms. The number of hydrogen-bond acceptors (Lipinski definition) is 3. The van der Waals surface area contributed by atoms with Crippen LogP contribution >= 0.6 is 0 Å². The molecule has 1 unspecified atom stereocenters. The summed E-state index contributed by atoms with van der Waals surface area (Å²) in [5.41, 5.74) is 0.495. The van der Waals surface area contributed by atoms with E-state index in [1.165, 1.54) is 17.0 Å². The molecule has 4 nitrogen and oxygen atoms in total. The monoisotopic (exact) mass is 194 g/mol. The second-order valence-electron chi connectivity index (χ2n) is 3.27. The second kappa shape index (κ2) is 4.17. The van der Waals surface area contributed by atoms with E-state index in [0.717, 1.165) is 0 Å². The Bertz CT molecular complexity index is 395. The first kappa shape index (κ1) is 10.6. The van der Waals surface area contributed by atoms with Gasteiger partial charge >= 0.3 is 0 Å². The third-order valence-electron chi connectivity index (χ3n) is 2.20. The van der Waals surface area contributed by atoms with E-state index in [1.54, 1.807) is 20.8 Å². The van der Waals surface area contributed by atoms with Gasteiger partial charge in [0, 0.05) is 18.2 Å². The van der Waals surface area contributed by atoms with Gasteiger partial charge in [-0.2, -0.15) is 0 Å². The summed E-state index contributed by atoms with van der Waals surface area (Å²) >= 11 is 0. The van der Waals surface area contributed by atoms with Crippen LogP contribution in [0.3, 0.4) is 0 Å². The van der Waals surface area contributed by atoms with Gasteiger partial charge in [-0.05, 0) is 13.8 Å². The molecule has 14 heavy (non-hydrogen) atoms. The summed E-state index contributed by atoms with van der Waals surface area (Å²) in [4.78, 5) is 26.8. The first-order valence-electron chi connectivity index (χ1n) is 4.63. The fourth-order valence-corrected chi connectivity index (χ4v) is 1.24. The summed E-state index contributed by atoms with van der Waals surface area (Å²) in [5.74, 6) is 0.0396. The fraction of sp³-hybridized carbons (Fsp3) is 0.500. The van der Waals surface area contributed by atoms with Gasteiger partial charge in [-0.15, -0.1) is 0 Å². The number of ketones is 1. The summed E-state index contributed by atoms with van der Waals surface area (Å²) in [6.45, 7) is 5.24. The third kappa shape index (κ3) is 2.07. The molecule has 0 N–H and O–H groups in total. The number of nitrogens with zero attached hydrogens (tertiary/aromatic N) is 2. The normalized spacial score (nSPS) is 12.5. The van der Waals surface area contributed by atoms with Gasteiger partial charge in [0.2, 0.25) is 0 Å². The molecule has 0 saturated carbocycles. The highest BCUT2D eigenvalue weighted by molar-refractivity contribution is 5.81. The standard InChI is InChI=1S/C10H14N2O2/c1-4-9(13)8(3)12-6-11-7(2)5-10(12)14/h5-6,8H,4H2,1-3H3. The largest absolute Gasteiger partial charge is 0.297 e. The Kier molecular flexibility index (Phi) is 3.17. The van der Waals surface area contributed by atoms with Crippen LogP contribution in [0.2, 0.25) is 0 Å². The van der Waals surface area contributed by atoms with Gasteiger partial charge < -0.3 is 0 Å². The van der Waals surface area contributed by atoms with Crippen molar-refractivity contribution >= 4 is 5.78 Å². The molecule has 0 radical (unpaired) electrons. The summed E-state index contributed by atoms with van der Waals surface area (Å²) in [5, 5.41) is 0. The van der Waals surface area contributed by atoms with Crippen molar-refractivity contribution in [2.75, 3.05) is 0 Å². The third-order valence-corrected chi connectivity index (χ3v) is 2.20. The zero-order chi connectivity index (χ0) is 10.7. The van der Waals surface area contributed by atoms with Gasteiger partial charge in [0.25, 0.3) is 5.56 Å². The van der Waals surface area contributed by atoms with E-state index in [9.17, 15) is 9.59 Å². The lowest BCUT2D eigenvalue weighted by atomic mass is 10.1. The average Bonchev–Trinajstić information content (AvgIpc) is 2.15. The Labute approximate surface area is 82.6 Å². The van der Waals surface area contributed by atoms with Gasteiger partial charge in [0.1, 0.15) is 0 Å². The van der Waals surface area contributed by atoms with Crippen LogP contribution in [0.25, 0.3) is 0 Å². The Morgan fingerprint density at radius 2 is 2.29 bits per heavy atom. The van der Waals surface area contributed by atoms with Crippen LogP contribution in [0.1, 0.15) is 32.0 Å². The Morgan fingerprint density at radius 1 is 1.64 bits per heavy atom. The Morgan fingerprint density at radius 3 is 2.79 bits per heavy atom. The number of hydrogen-bond donors (Lipinski definition) is 0. The van der Waals surface area contributed by atoms with Gasteiger partial charge in [-0.1, -0.05) is 6.92 Å². The zero-order valence-corrected chi connectivity index (χ0v) is 8.65. The maximum absolute atomic E-state index is 11.5. The average molecular weight is 194 g/mol. The van der Waals surface area contributed by atoms with Gasteiger partial charge in [-0.25, -0.2) is 4.98 Å². The van der Waals surface area contributed by atoms with Gasteiger partial charge in [-0.3, -0.25) is 14.2 Å². The van der Waals surface area contributed by atoms with Gasteiger partial charge in [0.05, 0.1) is 12.4 Å². The number of rotatable bonds is 3. The molecule has 0 saturated heterocycles. The Hall–Kier alpha value is -1.45.